The number of rotatable bonds is 5. The van der Waals surface area contributed by atoms with Crippen molar-refractivity contribution in [1.82, 2.24) is 10.2 Å². The molecule has 0 aromatic heterocycles. The fraction of sp³-hybridized carbons (Fsp3) is 0.818. The summed E-state index contributed by atoms with van der Waals surface area (Å²) in [5.74, 6) is 0.962. The van der Waals surface area contributed by atoms with Gasteiger partial charge in [0.25, 0.3) is 0 Å². The first-order chi connectivity index (χ1) is 7.16. The highest BCUT2D eigenvalue weighted by atomic mass is 16.2. The monoisotopic (exact) mass is 210 g/mol. The van der Waals surface area contributed by atoms with Crippen LogP contribution in [0.15, 0.2) is 0 Å². The Bertz CT molecular complexity index is 270. The van der Waals surface area contributed by atoms with E-state index in [-0.39, 0.29) is 24.3 Å². The maximum atomic E-state index is 11.6. The Kier molecular flexibility index (Phi) is 2.93. The fourth-order valence-electron chi connectivity index (χ4n) is 1.58. The van der Waals surface area contributed by atoms with E-state index in [4.69, 9.17) is 0 Å². The van der Waals surface area contributed by atoms with E-state index in [9.17, 15) is 9.59 Å². The van der Waals surface area contributed by atoms with Gasteiger partial charge in [0.2, 0.25) is 11.8 Å². The summed E-state index contributed by atoms with van der Waals surface area (Å²) in [5, 5.41) is 2.69. The molecule has 0 atom stereocenters. The van der Waals surface area contributed by atoms with Crippen LogP contribution in [0.5, 0.6) is 0 Å². The molecule has 0 heterocycles. The Hall–Kier alpha value is -1.06. The minimum Gasteiger partial charge on any atom is -0.347 e. The molecule has 0 bridgehead atoms. The first-order valence-corrected chi connectivity index (χ1v) is 5.68. The molecule has 0 spiro atoms. The average Bonchev–Trinajstić information content (AvgIpc) is 3.01. The molecule has 0 radical (unpaired) electrons. The molecule has 0 unspecified atom stereocenters. The number of likely N-dealkylation sites (N-methyl/N-ethyl adjacent to an activating group) is 1. The van der Waals surface area contributed by atoms with Crippen molar-refractivity contribution in [2.45, 2.75) is 25.7 Å². The SMILES string of the molecule is CN(CC1CC1)C(=O)CNC(=O)C1CC1. The molecule has 1 N–H and O–H groups in total. The highest BCUT2D eigenvalue weighted by Gasteiger charge is 2.30. The first kappa shape index (κ1) is 10.5. The van der Waals surface area contributed by atoms with Crippen molar-refractivity contribution in [2.75, 3.05) is 20.1 Å². The maximum absolute atomic E-state index is 11.6. The summed E-state index contributed by atoms with van der Waals surface area (Å²) in [6.45, 7) is 1.01. The average molecular weight is 210 g/mol. The largest absolute Gasteiger partial charge is 0.347 e. The van der Waals surface area contributed by atoms with Crippen LogP contribution >= 0.6 is 0 Å². The minimum absolute atomic E-state index is 0.0240. The molecule has 15 heavy (non-hydrogen) atoms. The van der Waals surface area contributed by atoms with Crippen LogP contribution in [0, 0.1) is 11.8 Å². The molecular formula is C11H18N2O2. The molecule has 2 fully saturated rings. The molecule has 2 saturated carbocycles. The smallest absolute Gasteiger partial charge is 0.241 e. The maximum Gasteiger partial charge on any atom is 0.241 e. The second-order valence-corrected chi connectivity index (χ2v) is 4.71. The van der Waals surface area contributed by atoms with Crippen LogP contribution in [-0.4, -0.2) is 36.9 Å². The van der Waals surface area contributed by atoms with Crippen molar-refractivity contribution in [1.29, 1.82) is 0 Å². The number of nitrogens with zero attached hydrogens (tertiary/aromatic N) is 1. The lowest BCUT2D eigenvalue weighted by Gasteiger charge is -2.16. The first-order valence-electron chi connectivity index (χ1n) is 5.68. The van der Waals surface area contributed by atoms with Crippen LogP contribution in [0.1, 0.15) is 25.7 Å². The van der Waals surface area contributed by atoms with Crippen LogP contribution in [0.3, 0.4) is 0 Å². The van der Waals surface area contributed by atoms with Crippen LogP contribution in [0.4, 0.5) is 0 Å². The third-order valence-corrected chi connectivity index (χ3v) is 3.02. The zero-order chi connectivity index (χ0) is 10.8. The summed E-state index contributed by atoms with van der Waals surface area (Å²) < 4.78 is 0. The minimum atomic E-state index is 0.0240. The van der Waals surface area contributed by atoms with E-state index < -0.39 is 0 Å². The van der Waals surface area contributed by atoms with E-state index in [2.05, 4.69) is 5.32 Å². The van der Waals surface area contributed by atoms with Gasteiger partial charge >= 0.3 is 0 Å². The van der Waals surface area contributed by atoms with Gasteiger partial charge in [-0.05, 0) is 31.6 Å². The van der Waals surface area contributed by atoms with E-state index in [1.54, 1.807) is 4.90 Å². The standard InChI is InChI=1S/C11H18N2O2/c1-13(7-8-2-3-8)10(14)6-12-11(15)9-4-5-9/h8-9H,2-7H2,1H3,(H,12,15). The van der Waals surface area contributed by atoms with Gasteiger partial charge in [0.05, 0.1) is 6.54 Å². The number of carbonyl (C=O) groups excluding carboxylic acids is 2. The number of nitrogens with one attached hydrogen (secondary N) is 1. The van der Waals surface area contributed by atoms with Crippen LogP contribution in [0.2, 0.25) is 0 Å². The Morgan fingerprint density at radius 3 is 2.47 bits per heavy atom. The van der Waals surface area contributed by atoms with E-state index in [1.165, 1.54) is 12.8 Å². The summed E-state index contributed by atoms with van der Waals surface area (Å²) in [4.78, 5) is 24.6. The third-order valence-electron chi connectivity index (χ3n) is 3.02. The molecule has 0 aromatic carbocycles. The van der Waals surface area contributed by atoms with Gasteiger partial charge in [-0.2, -0.15) is 0 Å². The molecule has 0 aliphatic heterocycles. The van der Waals surface area contributed by atoms with Crippen molar-refractivity contribution in [3.05, 3.63) is 0 Å². The third kappa shape index (κ3) is 3.22. The van der Waals surface area contributed by atoms with Crippen LogP contribution in [-0.2, 0) is 9.59 Å². The van der Waals surface area contributed by atoms with E-state index in [0.717, 1.165) is 19.4 Å². The topological polar surface area (TPSA) is 49.4 Å². The van der Waals surface area contributed by atoms with E-state index >= 15 is 0 Å². The Morgan fingerprint density at radius 2 is 1.93 bits per heavy atom. The molecule has 0 aromatic rings. The number of carbonyl (C=O) groups is 2. The molecule has 84 valence electrons. The van der Waals surface area contributed by atoms with Crippen LogP contribution in [0.25, 0.3) is 0 Å². The number of amides is 2. The lowest BCUT2D eigenvalue weighted by molar-refractivity contribution is -0.132. The Morgan fingerprint density at radius 1 is 1.27 bits per heavy atom. The summed E-state index contributed by atoms with van der Waals surface area (Å²) in [6, 6.07) is 0. The summed E-state index contributed by atoms with van der Waals surface area (Å²) >= 11 is 0. The summed E-state index contributed by atoms with van der Waals surface area (Å²) in [6.07, 6.45) is 4.45. The zero-order valence-electron chi connectivity index (χ0n) is 9.16. The fourth-order valence-corrected chi connectivity index (χ4v) is 1.58. The molecule has 2 rings (SSSR count). The van der Waals surface area contributed by atoms with Gasteiger partial charge in [-0.15, -0.1) is 0 Å². The van der Waals surface area contributed by atoms with Crippen molar-refractivity contribution in [2.24, 2.45) is 11.8 Å². The summed E-state index contributed by atoms with van der Waals surface area (Å²) in [5.41, 5.74) is 0. The van der Waals surface area contributed by atoms with Gasteiger partial charge in [0.1, 0.15) is 0 Å². The Labute approximate surface area is 90.0 Å². The lowest BCUT2D eigenvalue weighted by atomic mass is 10.3. The van der Waals surface area contributed by atoms with Crippen molar-refractivity contribution in [3.8, 4) is 0 Å². The highest BCUT2D eigenvalue weighted by molar-refractivity contribution is 5.86. The van der Waals surface area contributed by atoms with Gasteiger partial charge in [0.15, 0.2) is 0 Å². The van der Waals surface area contributed by atoms with Gasteiger partial charge in [-0.1, -0.05) is 0 Å². The van der Waals surface area contributed by atoms with Crippen molar-refractivity contribution in [3.63, 3.8) is 0 Å². The number of hydrogen-bond donors (Lipinski definition) is 1. The molecular weight excluding hydrogens is 192 g/mol. The predicted molar refractivity (Wildman–Crippen MR) is 56.1 cm³/mol. The predicted octanol–water partition coefficient (Wildman–Crippen LogP) is 0.381. The van der Waals surface area contributed by atoms with Crippen molar-refractivity contribution < 1.29 is 9.59 Å². The van der Waals surface area contributed by atoms with Gasteiger partial charge in [-0.25, -0.2) is 0 Å². The van der Waals surface area contributed by atoms with E-state index in [0.29, 0.717) is 5.92 Å². The molecule has 0 saturated heterocycles. The summed E-state index contributed by atoms with van der Waals surface area (Å²) in [7, 11) is 1.81. The van der Waals surface area contributed by atoms with E-state index in [1.807, 2.05) is 7.05 Å². The second-order valence-electron chi connectivity index (χ2n) is 4.71. The van der Waals surface area contributed by atoms with Crippen LogP contribution < -0.4 is 5.32 Å². The zero-order valence-corrected chi connectivity index (χ0v) is 9.16. The lowest BCUT2D eigenvalue weighted by Crippen LogP contribution is -2.39. The molecule has 2 amide bonds. The van der Waals surface area contributed by atoms with Gasteiger partial charge in [-0.3, -0.25) is 9.59 Å². The Balaban J connectivity index is 1.63. The molecule has 2 aliphatic carbocycles. The normalized spacial score (nSPS) is 19.8. The highest BCUT2D eigenvalue weighted by Crippen LogP contribution is 2.29. The number of hydrogen-bond acceptors (Lipinski definition) is 2. The quantitative estimate of drug-likeness (QED) is 0.713. The molecule has 4 nitrogen and oxygen atoms in total. The second kappa shape index (κ2) is 4.21. The molecule has 2 aliphatic rings. The van der Waals surface area contributed by atoms with Gasteiger partial charge < -0.3 is 10.2 Å². The van der Waals surface area contributed by atoms with Gasteiger partial charge in [0, 0.05) is 19.5 Å². The van der Waals surface area contributed by atoms with Crippen molar-refractivity contribution >= 4 is 11.8 Å². The molecule has 4 heteroatoms.